The Balaban J connectivity index is 1.36. The zero-order valence-corrected chi connectivity index (χ0v) is 20.1. The second kappa shape index (κ2) is 9.29. The monoisotopic (exact) mass is 467 g/mol. The smallest absolute Gasteiger partial charge is 0.249 e. The number of halogens is 1. The van der Waals surface area contributed by atoms with Crippen molar-refractivity contribution in [1.29, 1.82) is 0 Å². The van der Waals surface area contributed by atoms with Crippen molar-refractivity contribution in [3.05, 3.63) is 66.0 Å². The minimum Gasteiger partial charge on any atom is -0.352 e. The summed E-state index contributed by atoms with van der Waals surface area (Å²) in [7, 11) is 1.89. The third kappa shape index (κ3) is 4.10. The molecule has 3 heterocycles. The van der Waals surface area contributed by atoms with Crippen molar-refractivity contribution >= 4 is 11.6 Å². The maximum Gasteiger partial charge on any atom is 0.249 e. The molecule has 1 atom stereocenters. The first-order chi connectivity index (χ1) is 16.4. The van der Waals surface area contributed by atoms with E-state index in [1.165, 1.54) is 12.1 Å². The van der Waals surface area contributed by atoms with Crippen LogP contribution in [-0.2, 0) is 19.7 Å². The normalized spacial score (nSPS) is 23.4. The molecule has 0 unspecified atom stereocenters. The lowest BCUT2D eigenvalue weighted by atomic mass is 9.79. The van der Waals surface area contributed by atoms with Gasteiger partial charge in [-0.2, -0.15) is 0 Å². The Labute approximate surface area is 201 Å². The fourth-order valence-electron chi connectivity index (χ4n) is 5.84. The van der Waals surface area contributed by atoms with E-state index in [9.17, 15) is 9.18 Å². The predicted octanol–water partition coefficient (Wildman–Crippen LogP) is 3.62. The number of likely N-dealkylation sites (tertiary alicyclic amines) is 1. The van der Waals surface area contributed by atoms with Crippen molar-refractivity contribution in [2.24, 2.45) is 0 Å². The van der Waals surface area contributed by atoms with Crippen molar-refractivity contribution in [3.8, 4) is 0 Å². The van der Waals surface area contributed by atoms with Crippen molar-refractivity contribution in [2.75, 3.05) is 51.5 Å². The van der Waals surface area contributed by atoms with E-state index in [1.54, 1.807) is 0 Å². The summed E-state index contributed by atoms with van der Waals surface area (Å²) in [5, 5.41) is 0. The Bertz CT molecular complexity index is 988. The van der Waals surface area contributed by atoms with E-state index < -0.39 is 11.0 Å². The van der Waals surface area contributed by atoms with Crippen LogP contribution in [-0.4, -0.2) is 74.1 Å². The van der Waals surface area contributed by atoms with E-state index in [2.05, 4.69) is 28.9 Å². The number of para-hydroxylation sites is 1. The number of anilines is 1. The topological polar surface area (TPSA) is 45.2 Å². The van der Waals surface area contributed by atoms with Gasteiger partial charge in [0.2, 0.25) is 5.91 Å². The molecule has 0 aromatic heterocycles. The van der Waals surface area contributed by atoms with E-state index in [0.717, 1.165) is 50.1 Å². The molecule has 34 heavy (non-hydrogen) atoms. The van der Waals surface area contributed by atoms with Crippen LogP contribution in [0.15, 0.2) is 54.6 Å². The summed E-state index contributed by atoms with van der Waals surface area (Å²) in [6.07, 6.45) is 2.02. The van der Waals surface area contributed by atoms with Crippen LogP contribution in [0.2, 0.25) is 0 Å². The second-order valence-electron chi connectivity index (χ2n) is 10.1. The molecule has 0 N–H and O–H groups in total. The lowest BCUT2D eigenvalue weighted by Gasteiger charge is -2.47. The van der Waals surface area contributed by atoms with Crippen LogP contribution in [0.5, 0.6) is 0 Å². The van der Waals surface area contributed by atoms with Crippen LogP contribution >= 0.6 is 0 Å². The van der Waals surface area contributed by atoms with Gasteiger partial charge in [0.05, 0.1) is 25.3 Å². The van der Waals surface area contributed by atoms with E-state index in [0.29, 0.717) is 19.9 Å². The number of carbonyl (C=O) groups excluding carboxylic acids is 1. The lowest BCUT2D eigenvalue weighted by molar-refractivity contribution is -0.215. The molecule has 3 aliphatic rings. The first kappa shape index (κ1) is 23.3. The number of hydrogen-bond donors (Lipinski definition) is 0. The fraction of sp³-hybridized carbons (Fsp3) is 0.519. The minimum atomic E-state index is -0.503. The number of rotatable bonds is 5. The van der Waals surface area contributed by atoms with E-state index in [-0.39, 0.29) is 18.0 Å². The van der Waals surface area contributed by atoms with Crippen LogP contribution < -0.4 is 4.90 Å². The fourth-order valence-corrected chi connectivity index (χ4v) is 5.84. The van der Waals surface area contributed by atoms with Crippen molar-refractivity contribution in [3.63, 3.8) is 0 Å². The number of benzene rings is 2. The molecule has 0 saturated carbocycles. The Morgan fingerprint density at radius 3 is 2.32 bits per heavy atom. The molecular weight excluding hydrogens is 433 g/mol. The predicted molar refractivity (Wildman–Crippen MR) is 129 cm³/mol. The summed E-state index contributed by atoms with van der Waals surface area (Å²) >= 11 is 0. The number of nitrogens with zero attached hydrogens (tertiary/aromatic N) is 3. The Morgan fingerprint density at radius 1 is 1.03 bits per heavy atom. The minimum absolute atomic E-state index is 0.205. The van der Waals surface area contributed by atoms with Crippen LogP contribution in [0.25, 0.3) is 0 Å². The zero-order valence-electron chi connectivity index (χ0n) is 20.1. The molecule has 1 amide bonds. The summed E-state index contributed by atoms with van der Waals surface area (Å²) in [6.45, 7) is 6.40. The van der Waals surface area contributed by atoms with Gasteiger partial charge >= 0.3 is 0 Å². The van der Waals surface area contributed by atoms with E-state index in [4.69, 9.17) is 9.47 Å². The third-order valence-corrected chi connectivity index (χ3v) is 7.77. The number of hydrogen-bond acceptors (Lipinski definition) is 5. The van der Waals surface area contributed by atoms with Gasteiger partial charge in [-0.15, -0.1) is 0 Å². The maximum absolute atomic E-state index is 13.7. The molecule has 0 radical (unpaired) electrons. The average Bonchev–Trinajstić information content (AvgIpc) is 3.12. The number of amides is 1. The summed E-state index contributed by atoms with van der Waals surface area (Å²) in [6, 6.07) is 16.9. The van der Waals surface area contributed by atoms with Gasteiger partial charge in [0.25, 0.3) is 0 Å². The number of likely N-dealkylation sites (N-methyl/N-ethyl adjacent to an activating group) is 1. The van der Waals surface area contributed by atoms with Crippen molar-refractivity contribution in [2.45, 2.75) is 43.4 Å². The molecule has 0 bridgehead atoms. The number of ether oxygens (including phenoxy) is 2. The highest BCUT2D eigenvalue weighted by molar-refractivity contribution is 5.93. The summed E-state index contributed by atoms with van der Waals surface area (Å²) < 4.78 is 25.8. The molecule has 1 spiro atoms. The molecule has 3 saturated heterocycles. The molecule has 5 rings (SSSR count). The van der Waals surface area contributed by atoms with Crippen LogP contribution in [0.1, 0.15) is 31.7 Å². The lowest BCUT2D eigenvalue weighted by Crippen LogP contribution is -2.59. The first-order valence-corrected chi connectivity index (χ1v) is 12.2. The molecule has 3 aliphatic heterocycles. The van der Waals surface area contributed by atoms with Crippen LogP contribution in [0.4, 0.5) is 10.1 Å². The first-order valence-electron chi connectivity index (χ1n) is 12.2. The van der Waals surface area contributed by atoms with Crippen LogP contribution in [0.3, 0.4) is 0 Å². The highest BCUT2D eigenvalue weighted by atomic mass is 19.1. The number of carbonyl (C=O) groups is 1. The van der Waals surface area contributed by atoms with Gasteiger partial charge in [-0.3, -0.25) is 4.79 Å². The molecule has 0 aliphatic carbocycles. The third-order valence-electron chi connectivity index (χ3n) is 7.77. The maximum atomic E-state index is 13.7. The Kier molecular flexibility index (Phi) is 6.35. The Morgan fingerprint density at radius 2 is 1.68 bits per heavy atom. The standard InChI is InChI=1S/C27H34FN3O3/c1-26(25-33-17-6-18-34-25,21-9-11-22(28)12-10-21)19-30-15-13-27(14-16-30)24(32)29(2)20-31(27)23-7-4-3-5-8-23/h3-5,7-12,25H,6,13-20H2,1-2H3/t26-/m1/s1. The SMILES string of the molecule is CN1CN(c2ccccc2)C2(CCN(C[C@](C)(c3ccc(F)cc3)C3OCCCO3)CC2)C1=O. The molecule has 2 aromatic rings. The quantitative estimate of drug-likeness (QED) is 0.672. The van der Waals surface area contributed by atoms with Crippen LogP contribution in [0, 0.1) is 5.82 Å². The highest BCUT2D eigenvalue weighted by Gasteiger charge is 2.53. The molecule has 7 heteroatoms. The van der Waals surface area contributed by atoms with Gasteiger partial charge in [-0.25, -0.2) is 4.39 Å². The van der Waals surface area contributed by atoms with Crippen molar-refractivity contribution < 1.29 is 18.7 Å². The van der Waals surface area contributed by atoms with E-state index >= 15 is 0 Å². The van der Waals surface area contributed by atoms with E-state index in [1.807, 2.05) is 42.3 Å². The van der Waals surface area contributed by atoms with Gasteiger partial charge in [0, 0.05) is 32.4 Å². The molecule has 182 valence electrons. The van der Waals surface area contributed by atoms with Gasteiger partial charge in [-0.05, 0) is 56.0 Å². The molecular formula is C27H34FN3O3. The largest absolute Gasteiger partial charge is 0.352 e. The molecule has 3 fully saturated rings. The second-order valence-corrected chi connectivity index (χ2v) is 10.1. The van der Waals surface area contributed by atoms with Crippen molar-refractivity contribution in [1.82, 2.24) is 9.80 Å². The Hall–Kier alpha value is -2.48. The molecule has 2 aromatic carbocycles. The summed E-state index contributed by atoms with van der Waals surface area (Å²) in [4.78, 5) is 19.9. The van der Waals surface area contributed by atoms with Gasteiger partial charge in [-0.1, -0.05) is 30.3 Å². The zero-order chi connectivity index (χ0) is 23.8. The number of piperidine rings is 1. The highest BCUT2D eigenvalue weighted by Crippen LogP contribution is 2.40. The van der Waals surface area contributed by atoms with Gasteiger partial charge in [0.15, 0.2) is 6.29 Å². The average molecular weight is 468 g/mol. The summed E-state index contributed by atoms with van der Waals surface area (Å²) in [5.41, 5.74) is 1.14. The van der Waals surface area contributed by atoms with Gasteiger partial charge < -0.3 is 24.2 Å². The van der Waals surface area contributed by atoms with Gasteiger partial charge in [0.1, 0.15) is 11.4 Å². The molecule has 6 nitrogen and oxygen atoms in total. The summed E-state index contributed by atoms with van der Waals surface area (Å²) in [5.74, 6) is -0.0439.